The van der Waals surface area contributed by atoms with Gasteiger partial charge < -0.3 is 16.4 Å². The smallest absolute Gasteiger partial charge is 0.332 e. The van der Waals surface area contributed by atoms with E-state index in [9.17, 15) is 14.4 Å². The lowest BCUT2D eigenvalue weighted by Gasteiger charge is -2.52. The third-order valence-corrected chi connectivity index (χ3v) is 6.97. The highest BCUT2D eigenvalue weighted by molar-refractivity contribution is 7.11. The fourth-order valence-corrected chi connectivity index (χ4v) is 5.30. The summed E-state index contributed by atoms with van der Waals surface area (Å²) in [5.74, 6) is 0. The van der Waals surface area contributed by atoms with Gasteiger partial charge in [-0.1, -0.05) is 13.3 Å². The number of aryl methyl sites for hydroxylation is 1. The van der Waals surface area contributed by atoms with Crippen LogP contribution in [-0.4, -0.2) is 37.5 Å². The first-order chi connectivity index (χ1) is 13.4. The van der Waals surface area contributed by atoms with Crippen molar-refractivity contribution < 1.29 is 4.79 Å². The van der Waals surface area contributed by atoms with Crippen molar-refractivity contribution in [3.63, 3.8) is 0 Å². The van der Waals surface area contributed by atoms with E-state index in [1.54, 1.807) is 9.47 Å². The van der Waals surface area contributed by atoms with Gasteiger partial charge in [0.25, 0.3) is 5.56 Å². The number of primary amides is 1. The van der Waals surface area contributed by atoms with Crippen LogP contribution in [0.4, 0.5) is 9.80 Å². The second kappa shape index (κ2) is 6.91. The Kier molecular flexibility index (Phi) is 4.68. The number of nitrogens with zero attached hydrogens (tertiary/aromatic N) is 4. The maximum atomic E-state index is 13.2. The zero-order valence-corrected chi connectivity index (χ0v) is 16.8. The molecule has 1 saturated carbocycles. The molecule has 0 bridgehead atoms. The lowest BCUT2D eigenvalue weighted by Crippen LogP contribution is -2.61. The molecule has 0 radical (unpaired) electrons. The van der Waals surface area contributed by atoms with E-state index in [2.05, 4.69) is 11.3 Å². The van der Waals surface area contributed by atoms with E-state index in [-0.39, 0.29) is 28.7 Å². The van der Waals surface area contributed by atoms with Crippen molar-refractivity contribution >= 4 is 33.6 Å². The highest BCUT2D eigenvalue weighted by Gasteiger charge is 2.47. The molecule has 4 rings (SSSR count). The van der Waals surface area contributed by atoms with Crippen LogP contribution in [-0.2, 0) is 6.54 Å². The fourth-order valence-electron chi connectivity index (χ4n) is 4.66. The number of hydrogen-bond acceptors (Lipinski definition) is 6. The Bertz CT molecular complexity index is 1020. The number of anilines is 1. The first-order valence-corrected chi connectivity index (χ1v) is 10.6. The summed E-state index contributed by atoms with van der Waals surface area (Å²) < 4.78 is 7.28. The number of aromatic nitrogens is 3. The Hall–Kier alpha value is -2.36. The van der Waals surface area contributed by atoms with E-state index >= 15 is 0 Å². The highest BCUT2D eigenvalue weighted by Crippen LogP contribution is 2.46. The van der Waals surface area contributed by atoms with Crippen LogP contribution >= 0.6 is 11.5 Å². The molecule has 1 aliphatic heterocycles. The van der Waals surface area contributed by atoms with Crippen molar-refractivity contribution in [2.45, 2.75) is 58.0 Å². The van der Waals surface area contributed by atoms with E-state index < -0.39 is 0 Å². The number of nitrogen functional groups attached to an aromatic ring is 1. The molecule has 1 aliphatic carbocycles. The van der Waals surface area contributed by atoms with Crippen molar-refractivity contribution in [3.05, 3.63) is 20.8 Å². The summed E-state index contributed by atoms with van der Waals surface area (Å²) in [6, 6.07) is -0.529. The van der Waals surface area contributed by atoms with Crippen LogP contribution in [0.25, 0.3) is 11.0 Å². The normalized spacial score (nSPS) is 19.2. The predicted octanol–water partition coefficient (Wildman–Crippen LogP) is 1.50. The molecule has 152 valence electrons. The maximum absolute atomic E-state index is 13.2. The van der Waals surface area contributed by atoms with Gasteiger partial charge in [-0.2, -0.15) is 4.37 Å². The molecule has 2 aromatic heterocycles. The van der Waals surface area contributed by atoms with Crippen LogP contribution in [0.1, 0.15) is 51.5 Å². The number of amides is 2. The number of hydrogen-bond donors (Lipinski definition) is 2. The second-order valence-corrected chi connectivity index (χ2v) is 8.94. The monoisotopic (exact) mass is 406 g/mol. The average Bonchev–Trinajstić information content (AvgIpc) is 3.02. The zero-order chi connectivity index (χ0) is 20.1. The zero-order valence-electron chi connectivity index (χ0n) is 16.0. The number of urea groups is 1. The van der Waals surface area contributed by atoms with Crippen LogP contribution in [0.15, 0.2) is 9.59 Å². The standard InChI is InChI=1S/C18H26N6O3S/c1-2-3-8-23-14-12(13(19)28-21-14)15(25)24(17(23)27)11-4-6-18(7-5-11)9-22(10-18)16(20)26/h11H,2-10,19H2,1H3,(H2,20,26). The average molecular weight is 407 g/mol. The third kappa shape index (κ3) is 2.90. The Morgan fingerprint density at radius 3 is 2.57 bits per heavy atom. The number of rotatable bonds is 4. The molecule has 2 aliphatic rings. The van der Waals surface area contributed by atoms with E-state index in [1.165, 1.54) is 4.57 Å². The van der Waals surface area contributed by atoms with E-state index in [0.29, 0.717) is 35.7 Å². The molecule has 1 spiro atoms. The van der Waals surface area contributed by atoms with Crippen molar-refractivity contribution in [1.29, 1.82) is 0 Å². The van der Waals surface area contributed by atoms with Gasteiger partial charge in [-0.05, 0) is 43.6 Å². The first kappa shape index (κ1) is 19.0. The summed E-state index contributed by atoms with van der Waals surface area (Å²) in [5, 5.41) is 0.729. The van der Waals surface area contributed by atoms with E-state index in [0.717, 1.165) is 50.1 Å². The number of unbranched alkanes of at least 4 members (excludes halogenated alkanes) is 1. The Labute approximate surface area is 166 Å². The number of likely N-dealkylation sites (tertiary alicyclic amines) is 1. The molecule has 0 aromatic carbocycles. The summed E-state index contributed by atoms with van der Waals surface area (Å²) in [7, 11) is 0. The minimum Gasteiger partial charge on any atom is -0.389 e. The van der Waals surface area contributed by atoms with Crippen LogP contribution in [0.5, 0.6) is 0 Å². The molecule has 0 atom stereocenters. The summed E-state index contributed by atoms with van der Waals surface area (Å²) in [4.78, 5) is 39.2. The first-order valence-electron chi connectivity index (χ1n) is 9.81. The maximum Gasteiger partial charge on any atom is 0.332 e. The fraction of sp³-hybridized carbons (Fsp3) is 0.667. The largest absolute Gasteiger partial charge is 0.389 e. The Morgan fingerprint density at radius 1 is 1.29 bits per heavy atom. The summed E-state index contributed by atoms with van der Waals surface area (Å²) in [6.07, 6.45) is 4.99. The predicted molar refractivity (Wildman–Crippen MR) is 109 cm³/mol. The summed E-state index contributed by atoms with van der Waals surface area (Å²) in [6.45, 7) is 3.93. The summed E-state index contributed by atoms with van der Waals surface area (Å²) in [5.41, 5.74) is 11.2. The Balaban J connectivity index is 1.66. The molecule has 9 nitrogen and oxygen atoms in total. The minimum atomic E-state index is -0.381. The number of fused-ring (bicyclic) bond motifs is 1. The van der Waals surface area contributed by atoms with Gasteiger partial charge in [0, 0.05) is 31.1 Å². The van der Waals surface area contributed by atoms with Crippen LogP contribution in [0.2, 0.25) is 0 Å². The molecule has 0 unspecified atom stereocenters. The molecule has 2 amide bonds. The lowest BCUT2D eigenvalue weighted by molar-refractivity contribution is -0.00747. The lowest BCUT2D eigenvalue weighted by atomic mass is 9.67. The van der Waals surface area contributed by atoms with Crippen LogP contribution in [0.3, 0.4) is 0 Å². The van der Waals surface area contributed by atoms with Crippen molar-refractivity contribution in [2.24, 2.45) is 11.1 Å². The minimum absolute atomic E-state index is 0.0867. The van der Waals surface area contributed by atoms with Gasteiger partial charge in [-0.3, -0.25) is 13.9 Å². The molecule has 10 heteroatoms. The molecule has 2 fully saturated rings. The molecular formula is C18H26N6O3S. The third-order valence-electron chi connectivity index (χ3n) is 6.31. The van der Waals surface area contributed by atoms with Gasteiger partial charge in [-0.25, -0.2) is 9.59 Å². The van der Waals surface area contributed by atoms with Gasteiger partial charge in [0.15, 0.2) is 5.65 Å². The van der Waals surface area contributed by atoms with Gasteiger partial charge in [0.05, 0.1) is 0 Å². The van der Waals surface area contributed by atoms with Crippen molar-refractivity contribution in [2.75, 3.05) is 18.8 Å². The molecule has 1 saturated heterocycles. The van der Waals surface area contributed by atoms with Crippen LogP contribution < -0.4 is 22.7 Å². The quantitative estimate of drug-likeness (QED) is 0.795. The molecule has 2 aromatic rings. The Morgan fingerprint density at radius 2 is 1.96 bits per heavy atom. The molecular weight excluding hydrogens is 380 g/mol. The van der Waals surface area contributed by atoms with Gasteiger partial charge >= 0.3 is 11.7 Å². The van der Waals surface area contributed by atoms with E-state index in [4.69, 9.17) is 11.5 Å². The topological polar surface area (TPSA) is 129 Å². The van der Waals surface area contributed by atoms with E-state index in [1.807, 2.05) is 0 Å². The van der Waals surface area contributed by atoms with Crippen molar-refractivity contribution in [3.8, 4) is 0 Å². The second-order valence-electron chi connectivity index (χ2n) is 8.13. The van der Waals surface area contributed by atoms with Gasteiger partial charge in [0.2, 0.25) is 0 Å². The van der Waals surface area contributed by atoms with Crippen LogP contribution in [0, 0.1) is 5.41 Å². The highest BCUT2D eigenvalue weighted by atomic mass is 32.1. The van der Waals surface area contributed by atoms with Gasteiger partial charge in [-0.15, -0.1) is 0 Å². The molecule has 3 heterocycles. The molecule has 28 heavy (non-hydrogen) atoms. The number of carbonyl (C=O) groups excluding carboxylic acids is 1. The molecule has 4 N–H and O–H groups in total. The summed E-state index contributed by atoms with van der Waals surface area (Å²) >= 11 is 1.06. The number of carbonyl (C=O) groups is 1. The van der Waals surface area contributed by atoms with Gasteiger partial charge in [0.1, 0.15) is 10.4 Å². The number of nitrogens with two attached hydrogens (primary N) is 2. The SMILES string of the molecule is CCCCn1c(=O)n(C2CCC3(CC2)CN(C(N)=O)C3)c(=O)c2c(N)snc21. The van der Waals surface area contributed by atoms with Crippen molar-refractivity contribution in [1.82, 2.24) is 18.4 Å².